The molecule has 2 rings (SSSR count). The summed E-state index contributed by atoms with van der Waals surface area (Å²) in [5.41, 5.74) is 0.886. The average Bonchev–Trinajstić information content (AvgIpc) is 2.33. The van der Waals surface area contributed by atoms with Gasteiger partial charge in [0.25, 0.3) is 5.91 Å². The maximum Gasteiger partial charge on any atom is 0.258 e. The first kappa shape index (κ1) is 11.2. The molecular weight excluding hydrogens is 221 g/mol. The van der Waals surface area contributed by atoms with Crippen LogP contribution in [0.4, 0.5) is 10.1 Å². The van der Waals surface area contributed by atoms with Crippen molar-refractivity contribution in [3.05, 3.63) is 53.9 Å². The lowest BCUT2D eigenvalue weighted by Gasteiger charge is -2.04. The van der Waals surface area contributed by atoms with E-state index >= 15 is 0 Å². The van der Waals surface area contributed by atoms with E-state index in [1.807, 2.05) is 0 Å². The highest BCUT2D eigenvalue weighted by Crippen LogP contribution is 2.09. The summed E-state index contributed by atoms with van der Waals surface area (Å²) in [4.78, 5) is 19.6. The van der Waals surface area contributed by atoms with Gasteiger partial charge in [0.2, 0.25) is 0 Å². The molecule has 1 aromatic heterocycles. The smallest absolute Gasteiger partial charge is 0.258 e. The highest BCUT2D eigenvalue weighted by atomic mass is 19.1. The summed E-state index contributed by atoms with van der Waals surface area (Å²) in [6.07, 6.45) is 2.89. The van der Waals surface area contributed by atoms with Crippen molar-refractivity contribution >= 4 is 11.6 Å². The minimum absolute atomic E-state index is 0.323. The molecule has 1 heterocycles. The first-order valence-electron chi connectivity index (χ1n) is 5.01. The molecule has 0 fully saturated rings. The third kappa shape index (κ3) is 2.84. The molecule has 0 saturated heterocycles. The van der Waals surface area contributed by atoms with Crippen LogP contribution in [0.25, 0.3) is 0 Å². The maximum atomic E-state index is 12.7. The average molecular weight is 231 g/mol. The number of aromatic nitrogens is 2. The van der Waals surface area contributed by atoms with Crippen LogP contribution in [0.15, 0.2) is 36.7 Å². The van der Waals surface area contributed by atoms with Gasteiger partial charge in [-0.1, -0.05) is 0 Å². The summed E-state index contributed by atoms with van der Waals surface area (Å²) >= 11 is 0. The zero-order chi connectivity index (χ0) is 12.3. The Kier molecular flexibility index (Phi) is 3.09. The lowest BCUT2D eigenvalue weighted by Crippen LogP contribution is -2.12. The van der Waals surface area contributed by atoms with Gasteiger partial charge in [-0.15, -0.1) is 0 Å². The number of anilines is 1. The van der Waals surface area contributed by atoms with E-state index in [1.54, 1.807) is 6.92 Å². The lowest BCUT2D eigenvalue weighted by atomic mass is 10.2. The zero-order valence-electron chi connectivity index (χ0n) is 9.14. The van der Waals surface area contributed by atoms with Crippen LogP contribution >= 0.6 is 0 Å². The van der Waals surface area contributed by atoms with Crippen LogP contribution < -0.4 is 5.32 Å². The predicted octanol–water partition coefficient (Wildman–Crippen LogP) is 2.18. The zero-order valence-corrected chi connectivity index (χ0v) is 9.14. The molecular formula is C12H10FN3O. The highest BCUT2D eigenvalue weighted by molar-refractivity contribution is 6.03. The van der Waals surface area contributed by atoms with Gasteiger partial charge in [-0.05, 0) is 31.2 Å². The van der Waals surface area contributed by atoms with Gasteiger partial charge >= 0.3 is 0 Å². The van der Waals surface area contributed by atoms with Gasteiger partial charge in [0.1, 0.15) is 11.6 Å². The molecule has 4 nitrogen and oxygen atoms in total. The van der Waals surface area contributed by atoms with Gasteiger partial charge in [-0.3, -0.25) is 4.79 Å². The van der Waals surface area contributed by atoms with Gasteiger partial charge < -0.3 is 5.32 Å². The second-order valence-corrected chi connectivity index (χ2v) is 3.48. The molecule has 0 aliphatic rings. The van der Waals surface area contributed by atoms with E-state index < -0.39 is 0 Å². The lowest BCUT2D eigenvalue weighted by molar-refractivity contribution is 0.102. The summed E-state index contributed by atoms with van der Waals surface area (Å²) in [5.74, 6) is -0.0680. The van der Waals surface area contributed by atoms with Crippen LogP contribution in [-0.2, 0) is 0 Å². The van der Waals surface area contributed by atoms with Crippen LogP contribution in [-0.4, -0.2) is 15.9 Å². The number of nitrogens with zero attached hydrogens (tertiary/aromatic N) is 2. The Morgan fingerprint density at radius 3 is 2.35 bits per heavy atom. The molecule has 0 unspecified atom stereocenters. The summed E-state index contributed by atoms with van der Waals surface area (Å²) < 4.78 is 12.7. The van der Waals surface area contributed by atoms with Crippen LogP contribution in [0.5, 0.6) is 0 Å². The molecule has 0 atom stereocenters. The summed E-state index contributed by atoms with van der Waals surface area (Å²) in [7, 11) is 0. The maximum absolute atomic E-state index is 12.7. The molecule has 1 N–H and O–H groups in total. The molecule has 0 spiro atoms. The predicted molar refractivity (Wildman–Crippen MR) is 61.1 cm³/mol. The highest BCUT2D eigenvalue weighted by Gasteiger charge is 2.06. The SMILES string of the molecule is Cc1ncc(C(=O)Nc2ccc(F)cc2)cn1. The number of benzene rings is 1. The minimum atomic E-state index is -0.346. The summed E-state index contributed by atoms with van der Waals surface area (Å²) in [5, 5.41) is 2.62. The molecule has 1 amide bonds. The van der Waals surface area contributed by atoms with Crippen LogP contribution in [0.3, 0.4) is 0 Å². The van der Waals surface area contributed by atoms with Crippen molar-refractivity contribution in [2.45, 2.75) is 6.92 Å². The summed E-state index contributed by atoms with van der Waals surface area (Å²) in [6, 6.07) is 5.53. The Bertz CT molecular complexity index is 522. The topological polar surface area (TPSA) is 54.9 Å². The second kappa shape index (κ2) is 4.69. The van der Waals surface area contributed by atoms with Crippen LogP contribution in [0.1, 0.15) is 16.2 Å². The minimum Gasteiger partial charge on any atom is -0.322 e. The van der Waals surface area contributed by atoms with Crippen molar-refractivity contribution in [3.63, 3.8) is 0 Å². The molecule has 1 aromatic carbocycles. The van der Waals surface area contributed by atoms with E-state index in [4.69, 9.17) is 0 Å². The van der Waals surface area contributed by atoms with E-state index in [0.717, 1.165) is 0 Å². The molecule has 86 valence electrons. The van der Waals surface area contributed by atoms with Crippen molar-refractivity contribution in [1.82, 2.24) is 9.97 Å². The number of carbonyl (C=O) groups is 1. The normalized spacial score (nSPS) is 10.0. The van der Waals surface area contributed by atoms with Gasteiger partial charge in [-0.25, -0.2) is 14.4 Å². The van der Waals surface area contributed by atoms with Crippen molar-refractivity contribution in [3.8, 4) is 0 Å². The molecule has 0 aliphatic heterocycles. The number of hydrogen-bond donors (Lipinski definition) is 1. The molecule has 0 bridgehead atoms. The Morgan fingerprint density at radius 1 is 1.18 bits per heavy atom. The van der Waals surface area contributed by atoms with E-state index in [2.05, 4.69) is 15.3 Å². The molecule has 2 aromatic rings. The number of hydrogen-bond acceptors (Lipinski definition) is 3. The second-order valence-electron chi connectivity index (χ2n) is 3.48. The monoisotopic (exact) mass is 231 g/mol. The third-order valence-corrected chi connectivity index (χ3v) is 2.15. The number of amides is 1. The summed E-state index contributed by atoms with van der Waals surface area (Å²) in [6.45, 7) is 1.74. The number of carbonyl (C=O) groups excluding carboxylic acids is 1. The van der Waals surface area contributed by atoms with Crippen LogP contribution in [0, 0.1) is 12.7 Å². The van der Waals surface area contributed by atoms with E-state index in [1.165, 1.54) is 36.7 Å². The van der Waals surface area contributed by atoms with Crippen molar-refractivity contribution in [1.29, 1.82) is 0 Å². The van der Waals surface area contributed by atoms with E-state index in [-0.39, 0.29) is 11.7 Å². The molecule has 0 radical (unpaired) electrons. The Hall–Kier alpha value is -2.30. The standard InChI is InChI=1S/C12H10FN3O/c1-8-14-6-9(7-15-8)12(17)16-11-4-2-10(13)3-5-11/h2-7H,1H3,(H,16,17). The molecule has 0 saturated carbocycles. The quantitative estimate of drug-likeness (QED) is 0.861. The van der Waals surface area contributed by atoms with Gasteiger partial charge in [0, 0.05) is 18.1 Å². The number of nitrogens with one attached hydrogen (secondary N) is 1. The first-order chi connectivity index (χ1) is 8.15. The fourth-order valence-corrected chi connectivity index (χ4v) is 1.25. The molecule has 0 aliphatic carbocycles. The number of rotatable bonds is 2. The Morgan fingerprint density at radius 2 is 1.76 bits per heavy atom. The van der Waals surface area contributed by atoms with Crippen molar-refractivity contribution < 1.29 is 9.18 Å². The van der Waals surface area contributed by atoms with Gasteiger partial charge in [-0.2, -0.15) is 0 Å². The fraction of sp³-hybridized carbons (Fsp3) is 0.0833. The number of aryl methyl sites for hydroxylation is 1. The largest absolute Gasteiger partial charge is 0.322 e. The van der Waals surface area contributed by atoms with E-state index in [9.17, 15) is 9.18 Å². The van der Waals surface area contributed by atoms with E-state index in [0.29, 0.717) is 17.1 Å². The van der Waals surface area contributed by atoms with Gasteiger partial charge in [0.15, 0.2) is 0 Å². The van der Waals surface area contributed by atoms with Crippen molar-refractivity contribution in [2.24, 2.45) is 0 Å². The molecule has 17 heavy (non-hydrogen) atoms. The Labute approximate surface area is 97.5 Å². The van der Waals surface area contributed by atoms with Crippen molar-refractivity contribution in [2.75, 3.05) is 5.32 Å². The first-order valence-corrected chi connectivity index (χ1v) is 5.01. The molecule has 5 heteroatoms. The van der Waals surface area contributed by atoms with Gasteiger partial charge in [0.05, 0.1) is 5.56 Å². The Balaban J connectivity index is 2.11. The van der Waals surface area contributed by atoms with Crippen LogP contribution in [0.2, 0.25) is 0 Å². The fourth-order valence-electron chi connectivity index (χ4n) is 1.25. The number of halogens is 1. The third-order valence-electron chi connectivity index (χ3n) is 2.15.